The molecular formula is C31H47F3N2O3. The zero-order chi connectivity index (χ0) is 28.9. The molecule has 0 heterocycles. The summed E-state index contributed by atoms with van der Waals surface area (Å²) in [4.78, 5) is 2.25. The number of rotatable bonds is 18. The van der Waals surface area contributed by atoms with Gasteiger partial charge in [-0.25, -0.2) is 0 Å². The number of ether oxygens (including phenoxy) is 3. The van der Waals surface area contributed by atoms with Gasteiger partial charge < -0.3 is 24.8 Å². The summed E-state index contributed by atoms with van der Waals surface area (Å²) in [6, 6.07) is 14.7. The summed E-state index contributed by atoms with van der Waals surface area (Å²) >= 11 is 0. The molecule has 220 valence electrons. The molecule has 2 rings (SSSR count). The third-order valence-corrected chi connectivity index (χ3v) is 7.57. The fourth-order valence-corrected chi connectivity index (χ4v) is 4.25. The maximum atomic E-state index is 13.0. The Morgan fingerprint density at radius 2 is 1.41 bits per heavy atom. The molecule has 0 bridgehead atoms. The van der Waals surface area contributed by atoms with Crippen LogP contribution in [-0.2, 0) is 15.7 Å². The highest BCUT2D eigenvalue weighted by atomic mass is 19.4. The Labute approximate surface area is 232 Å². The molecule has 0 spiro atoms. The highest BCUT2D eigenvalue weighted by Crippen LogP contribution is 2.32. The molecule has 0 amide bonds. The van der Waals surface area contributed by atoms with Crippen LogP contribution >= 0.6 is 0 Å². The maximum absolute atomic E-state index is 13.0. The lowest BCUT2D eigenvalue weighted by atomic mass is 9.96. The average molecular weight is 553 g/mol. The van der Waals surface area contributed by atoms with E-state index in [4.69, 9.17) is 19.9 Å². The molecule has 0 aliphatic rings. The zero-order valence-electron chi connectivity index (χ0n) is 24.2. The molecule has 5 nitrogen and oxygen atoms in total. The number of alkyl halides is 3. The minimum Gasteiger partial charge on any atom is -0.486 e. The van der Waals surface area contributed by atoms with Gasteiger partial charge in [0.15, 0.2) is 0 Å². The molecule has 8 heteroatoms. The molecule has 2 aromatic carbocycles. The zero-order valence-corrected chi connectivity index (χ0v) is 24.2. The fourth-order valence-electron chi connectivity index (χ4n) is 4.25. The van der Waals surface area contributed by atoms with Gasteiger partial charge in [0.1, 0.15) is 11.9 Å². The molecule has 39 heavy (non-hydrogen) atoms. The number of halogens is 3. The lowest BCUT2D eigenvalue weighted by molar-refractivity contribution is -0.137. The lowest BCUT2D eigenvalue weighted by Gasteiger charge is -2.34. The SMILES string of the molecule is CCC(C)(CCOC(C)(CC)CCN(C)CCC(Oc1ccc(C(F)(F)F)cc1)c1ccccc1)OCCN. The first-order valence-corrected chi connectivity index (χ1v) is 14.0. The monoisotopic (exact) mass is 552 g/mol. The van der Waals surface area contributed by atoms with Crippen LogP contribution in [0.1, 0.15) is 77.0 Å². The van der Waals surface area contributed by atoms with Crippen molar-refractivity contribution in [2.24, 2.45) is 5.73 Å². The summed E-state index contributed by atoms with van der Waals surface area (Å²) in [6.45, 7) is 11.8. The second kappa shape index (κ2) is 15.6. The first-order valence-electron chi connectivity index (χ1n) is 14.0. The van der Waals surface area contributed by atoms with Crippen LogP contribution in [0.3, 0.4) is 0 Å². The van der Waals surface area contributed by atoms with E-state index in [-0.39, 0.29) is 17.3 Å². The Balaban J connectivity index is 1.92. The van der Waals surface area contributed by atoms with E-state index in [1.807, 2.05) is 30.3 Å². The highest BCUT2D eigenvalue weighted by Gasteiger charge is 2.30. The Kier molecular flexibility index (Phi) is 13.2. The predicted octanol–water partition coefficient (Wildman–Crippen LogP) is 7.26. The van der Waals surface area contributed by atoms with Crippen LogP contribution < -0.4 is 10.5 Å². The second-order valence-electron chi connectivity index (χ2n) is 10.7. The van der Waals surface area contributed by atoms with Crippen LogP contribution in [0.5, 0.6) is 5.75 Å². The summed E-state index contributed by atoms with van der Waals surface area (Å²) in [5, 5.41) is 0. The van der Waals surface area contributed by atoms with Crippen molar-refractivity contribution in [3.05, 3.63) is 65.7 Å². The third kappa shape index (κ3) is 11.5. The molecule has 0 saturated carbocycles. The molecule has 2 aromatic rings. The van der Waals surface area contributed by atoms with Crippen LogP contribution in [0.4, 0.5) is 13.2 Å². The topological polar surface area (TPSA) is 57.0 Å². The van der Waals surface area contributed by atoms with Crippen LogP contribution in [0, 0.1) is 0 Å². The normalized spacial score (nSPS) is 16.1. The van der Waals surface area contributed by atoms with Crippen molar-refractivity contribution < 1.29 is 27.4 Å². The van der Waals surface area contributed by atoms with Gasteiger partial charge in [0.2, 0.25) is 0 Å². The van der Waals surface area contributed by atoms with Crippen molar-refractivity contribution >= 4 is 0 Å². The van der Waals surface area contributed by atoms with Gasteiger partial charge >= 0.3 is 6.18 Å². The van der Waals surface area contributed by atoms with E-state index in [0.29, 0.717) is 31.9 Å². The summed E-state index contributed by atoms with van der Waals surface area (Å²) in [5.41, 5.74) is 5.43. The molecule has 0 aliphatic carbocycles. The molecule has 0 aliphatic heterocycles. The summed E-state index contributed by atoms with van der Waals surface area (Å²) in [7, 11) is 2.07. The van der Waals surface area contributed by atoms with Crippen LogP contribution in [0.2, 0.25) is 0 Å². The van der Waals surface area contributed by atoms with E-state index in [0.717, 1.165) is 56.5 Å². The van der Waals surface area contributed by atoms with Crippen LogP contribution in [0.25, 0.3) is 0 Å². The first-order chi connectivity index (χ1) is 18.4. The van der Waals surface area contributed by atoms with E-state index >= 15 is 0 Å². The number of benzene rings is 2. The Morgan fingerprint density at radius 3 is 1.97 bits per heavy atom. The van der Waals surface area contributed by atoms with Gasteiger partial charge in [-0.3, -0.25) is 0 Å². The Hall–Kier alpha value is -2.13. The van der Waals surface area contributed by atoms with E-state index in [9.17, 15) is 13.2 Å². The van der Waals surface area contributed by atoms with Crippen LogP contribution in [-0.4, -0.2) is 56.0 Å². The maximum Gasteiger partial charge on any atom is 0.416 e. The van der Waals surface area contributed by atoms with Crippen molar-refractivity contribution in [1.29, 1.82) is 0 Å². The van der Waals surface area contributed by atoms with Crippen LogP contribution in [0.15, 0.2) is 54.6 Å². The molecule has 3 unspecified atom stereocenters. The highest BCUT2D eigenvalue weighted by molar-refractivity contribution is 5.30. The largest absolute Gasteiger partial charge is 0.486 e. The van der Waals surface area contributed by atoms with E-state index < -0.39 is 11.7 Å². The van der Waals surface area contributed by atoms with E-state index in [2.05, 4.69) is 39.6 Å². The minimum absolute atomic E-state index is 0.232. The van der Waals surface area contributed by atoms with Crippen molar-refractivity contribution in [3.8, 4) is 5.75 Å². The standard InChI is InChI=1S/C31H47F3N2O3/c1-6-29(3,37-23-19-30(4,7-2)38-24-20-35)18-22-36(5)21-17-28(25-11-9-8-10-12-25)39-27-15-13-26(14-16-27)31(32,33)34/h8-16,28H,6-7,17-24,35H2,1-5H3. The Morgan fingerprint density at radius 1 is 0.821 bits per heavy atom. The van der Waals surface area contributed by atoms with E-state index in [1.165, 1.54) is 12.1 Å². The fraction of sp³-hybridized carbons (Fsp3) is 0.613. The third-order valence-electron chi connectivity index (χ3n) is 7.57. The molecule has 3 atom stereocenters. The predicted molar refractivity (Wildman–Crippen MR) is 151 cm³/mol. The number of hydrogen-bond acceptors (Lipinski definition) is 5. The second-order valence-corrected chi connectivity index (χ2v) is 10.7. The summed E-state index contributed by atoms with van der Waals surface area (Å²) in [6.07, 6.45) is -0.462. The minimum atomic E-state index is -4.37. The van der Waals surface area contributed by atoms with Crippen molar-refractivity contribution in [3.63, 3.8) is 0 Å². The number of hydrogen-bond donors (Lipinski definition) is 1. The molecule has 0 aromatic heterocycles. The average Bonchev–Trinajstić information content (AvgIpc) is 2.93. The van der Waals surface area contributed by atoms with E-state index in [1.54, 1.807) is 0 Å². The van der Waals surface area contributed by atoms with Gasteiger partial charge in [-0.2, -0.15) is 13.2 Å². The number of nitrogens with two attached hydrogens (primary N) is 1. The van der Waals surface area contributed by atoms with Gasteiger partial charge in [0.25, 0.3) is 0 Å². The van der Waals surface area contributed by atoms with Gasteiger partial charge in [-0.05, 0) is 76.4 Å². The quantitative estimate of drug-likeness (QED) is 0.211. The molecule has 0 fully saturated rings. The van der Waals surface area contributed by atoms with Crippen molar-refractivity contribution in [2.75, 3.05) is 39.9 Å². The van der Waals surface area contributed by atoms with Crippen molar-refractivity contribution in [2.45, 2.75) is 83.3 Å². The molecule has 0 saturated heterocycles. The van der Waals surface area contributed by atoms with Gasteiger partial charge in [-0.1, -0.05) is 44.2 Å². The van der Waals surface area contributed by atoms with Gasteiger partial charge in [0, 0.05) is 26.1 Å². The summed E-state index contributed by atoms with van der Waals surface area (Å²) < 4.78 is 57.4. The van der Waals surface area contributed by atoms with Gasteiger partial charge in [-0.15, -0.1) is 0 Å². The number of nitrogens with zero attached hydrogens (tertiary/aromatic N) is 1. The molecule has 2 N–H and O–H groups in total. The summed E-state index contributed by atoms with van der Waals surface area (Å²) in [5.74, 6) is 0.418. The Bertz CT molecular complexity index is 942. The van der Waals surface area contributed by atoms with Crippen molar-refractivity contribution in [1.82, 2.24) is 4.90 Å². The first kappa shape index (κ1) is 33.1. The lowest BCUT2D eigenvalue weighted by Crippen LogP contribution is -2.37. The molecule has 0 radical (unpaired) electrons. The van der Waals surface area contributed by atoms with Gasteiger partial charge in [0.05, 0.1) is 30.0 Å². The molecular weight excluding hydrogens is 505 g/mol. The smallest absolute Gasteiger partial charge is 0.416 e.